The number of hydrogen-bond donors (Lipinski definition) is 3. The van der Waals surface area contributed by atoms with Crippen molar-refractivity contribution < 1.29 is 24.7 Å². The Hall–Kier alpha value is -1.45. The third-order valence-corrected chi connectivity index (χ3v) is 5.14. The minimum atomic E-state index is -1.29. The molecule has 5 nitrogen and oxygen atoms in total. The van der Waals surface area contributed by atoms with Crippen LogP contribution in [0.25, 0.3) is 0 Å². The monoisotopic (exact) mass is 326 g/mol. The highest BCUT2D eigenvalue weighted by Gasteiger charge is 2.20. The van der Waals surface area contributed by atoms with Gasteiger partial charge in [-0.1, -0.05) is 30.3 Å². The molecule has 0 radical (unpaired) electrons. The third-order valence-electron chi connectivity index (χ3n) is 3.37. The predicted molar refractivity (Wildman–Crippen MR) is 86.2 cm³/mol. The zero-order chi connectivity index (χ0) is 16.4. The van der Waals surface area contributed by atoms with Crippen molar-refractivity contribution in [2.45, 2.75) is 32.1 Å². The first-order valence-electron chi connectivity index (χ1n) is 7.38. The van der Waals surface area contributed by atoms with Crippen molar-refractivity contribution in [1.82, 2.24) is 0 Å². The van der Waals surface area contributed by atoms with Gasteiger partial charge in [-0.2, -0.15) is 0 Å². The summed E-state index contributed by atoms with van der Waals surface area (Å²) in [6.07, 6.45) is 3.32. The molecule has 1 atom stereocenters. The summed E-state index contributed by atoms with van der Waals surface area (Å²) in [5.41, 5.74) is 1.26. The number of carbonyl (C=O) groups is 2. The summed E-state index contributed by atoms with van der Waals surface area (Å²) in [6.45, 7) is 0. The Morgan fingerprint density at radius 3 is 2.14 bits per heavy atom. The van der Waals surface area contributed by atoms with Crippen molar-refractivity contribution in [3.63, 3.8) is 0 Å². The summed E-state index contributed by atoms with van der Waals surface area (Å²) >= 11 is 0. The summed E-state index contributed by atoms with van der Waals surface area (Å²) in [6, 6.07) is 10.1. The smallest absolute Gasteiger partial charge is 0.303 e. The van der Waals surface area contributed by atoms with E-state index in [9.17, 15) is 14.5 Å². The average Bonchev–Trinajstić information content (AvgIpc) is 2.43. The van der Waals surface area contributed by atoms with E-state index >= 15 is 0 Å². The second-order valence-corrected chi connectivity index (χ2v) is 7.24. The molecule has 0 saturated carbocycles. The van der Waals surface area contributed by atoms with Crippen LogP contribution in [-0.2, 0) is 16.0 Å². The SMILES string of the molecule is O=C(O)CC(CC(=O)O)CP(O)CCCCc1ccccc1. The summed E-state index contributed by atoms with van der Waals surface area (Å²) in [4.78, 5) is 31.5. The molecule has 1 aromatic carbocycles. The Bertz CT molecular complexity index is 447. The van der Waals surface area contributed by atoms with E-state index in [1.807, 2.05) is 18.2 Å². The quantitative estimate of drug-likeness (QED) is 0.429. The molecular weight excluding hydrogens is 303 g/mol. The number of carboxylic acid groups (broad SMARTS) is 2. The van der Waals surface area contributed by atoms with Crippen molar-refractivity contribution in [3.05, 3.63) is 35.9 Å². The Kier molecular flexibility index (Phi) is 8.71. The van der Waals surface area contributed by atoms with E-state index in [0.717, 1.165) is 19.3 Å². The van der Waals surface area contributed by atoms with Crippen LogP contribution < -0.4 is 0 Å². The first-order chi connectivity index (χ1) is 10.5. The van der Waals surface area contributed by atoms with Crippen LogP contribution >= 0.6 is 8.15 Å². The first-order valence-corrected chi connectivity index (χ1v) is 9.05. The van der Waals surface area contributed by atoms with Gasteiger partial charge in [0.15, 0.2) is 0 Å². The number of unbranched alkanes of at least 4 members (excludes halogenated alkanes) is 1. The summed E-state index contributed by atoms with van der Waals surface area (Å²) in [7, 11) is -1.29. The molecule has 0 aliphatic heterocycles. The van der Waals surface area contributed by atoms with Crippen LogP contribution in [-0.4, -0.2) is 39.4 Å². The Morgan fingerprint density at radius 1 is 1.00 bits per heavy atom. The maximum absolute atomic E-state index is 10.7. The lowest BCUT2D eigenvalue weighted by atomic mass is 10.0. The molecule has 6 heteroatoms. The molecule has 0 spiro atoms. The van der Waals surface area contributed by atoms with Gasteiger partial charge < -0.3 is 15.1 Å². The Labute approximate surface area is 131 Å². The van der Waals surface area contributed by atoms with Crippen LogP contribution in [0.2, 0.25) is 0 Å². The zero-order valence-corrected chi connectivity index (χ0v) is 13.4. The summed E-state index contributed by atoms with van der Waals surface area (Å²) in [5.74, 6) is -2.52. The Morgan fingerprint density at radius 2 is 1.59 bits per heavy atom. The molecule has 22 heavy (non-hydrogen) atoms. The standard InChI is InChI=1S/C16H23O5P/c17-15(18)10-14(11-16(19)20)12-22(21)9-5-4-8-13-6-2-1-3-7-13/h1-3,6-7,14,21H,4-5,8-12H2,(H,17,18)(H,19,20). The van der Waals surface area contributed by atoms with Crippen LogP contribution in [0.4, 0.5) is 0 Å². The summed E-state index contributed by atoms with van der Waals surface area (Å²) in [5, 5.41) is 17.6. The first kappa shape index (κ1) is 18.6. The highest BCUT2D eigenvalue weighted by atomic mass is 31.1. The minimum absolute atomic E-state index is 0.199. The fraction of sp³-hybridized carbons (Fsp3) is 0.500. The second kappa shape index (κ2) is 10.3. The molecule has 1 unspecified atom stereocenters. The average molecular weight is 326 g/mol. The maximum atomic E-state index is 10.7. The lowest BCUT2D eigenvalue weighted by Gasteiger charge is -2.17. The molecule has 0 bridgehead atoms. The molecule has 122 valence electrons. The molecule has 0 aliphatic carbocycles. The molecule has 3 N–H and O–H groups in total. The van der Waals surface area contributed by atoms with E-state index in [-0.39, 0.29) is 12.8 Å². The highest BCUT2D eigenvalue weighted by molar-refractivity contribution is 7.51. The summed E-state index contributed by atoms with van der Waals surface area (Å²) < 4.78 is 0. The molecule has 0 amide bonds. The molecule has 0 fully saturated rings. The van der Waals surface area contributed by atoms with E-state index in [1.54, 1.807) is 0 Å². The van der Waals surface area contributed by atoms with Gasteiger partial charge in [0, 0.05) is 21.0 Å². The van der Waals surface area contributed by atoms with E-state index in [1.165, 1.54) is 5.56 Å². The number of hydrogen-bond acceptors (Lipinski definition) is 3. The number of benzene rings is 1. The van der Waals surface area contributed by atoms with Crippen LogP contribution in [0.1, 0.15) is 31.2 Å². The van der Waals surface area contributed by atoms with Crippen molar-refractivity contribution >= 4 is 20.1 Å². The van der Waals surface area contributed by atoms with E-state index in [2.05, 4.69) is 12.1 Å². The van der Waals surface area contributed by atoms with Gasteiger partial charge in [0.1, 0.15) is 0 Å². The van der Waals surface area contributed by atoms with Gasteiger partial charge >= 0.3 is 11.9 Å². The molecule has 0 saturated heterocycles. The normalized spacial score (nSPS) is 12.3. The van der Waals surface area contributed by atoms with Gasteiger partial charge in [0.05, 0.1) is 0 Å². The van der Waals surface area contributed by atoms with Gasteiger partial charge in [-0.3, -0.25) is 9.59 Å². The molecule has 1 rings (SSSR count). The predicted octanol–water partition coefficient (Wildman–Crippen LogP) is 2.96. The maximum Gasteiger partial charge on any atom is 0.303 e. The van der Waals surface area contributed by atoms with Crippen LogP contribution in [0.5, 0.6) is 0 Å². The molecule has 0 aliphatic rings. The molecular formula is C16H23O5P. The lowest BCUT2D eigenvalue weighted by Crippen LogP contribution is -2.16. The van der Waals surface area contributed by atoms with E-state index in [4.69, 9.17) is 10.2 Å². The lowest BCUT2D eigenvalue weighted by molar-refractivity contribution is -0.140. The van der Waals surface area contributed by atoms with Crippen molar-refractivity contribution in [1.29, 1.82) is 0 Å². The Balaban J connectivity index is 2.26. The highest BCUT2D eigenvalue weighted by Crippen LogP contribution is 2.35. The fourth-order valence-corrected chi connectivity index (χ4v) is 3.98. The minimum Gasteiger partial charge on any atom is -0.481 e. The molecule has 0 aromatic heterocycles. The largest absolute Gasteiger partial charge is 0.481 e. The van der Waals surface area contributed by atoms with Crippen molar-refractivity contribution in [3.8, 4) is 0 Å². The second-order valence-electron chi connectivity index (χ2n) is 5.42. The fourth-order valence-electron chi connectivity index (χ4n) is 2.35. The van der Waals surface area contributed by atoms with Gasteiger partial charge in [-0.05, 0) is 43.1 Å². The topological polar surface area (TPSA) is 94.8 Å². The van der Waals surface area contributed by atoms with Crippen molar-refractivity contribution in [2.75, 3.05) is 12.3 Å². The van der Waals surface area contributed by atoms with Crippen LogP contribution in [0.3, 0.4) is 0 Å². The number of rotatable bonds is 11. The zero-order valence-electron chi connectivity index (χ0n) is 12.5. The van der Waals surface area contributed by atoms with Gasteiger partial charge in [-0.25, -0.2) is 0 Å². The van der Waals surface area contributed by atoms with Gasteiger partial charge in [0.2, 0.25) is 0 Å². The van der Waals surface area contributed by atoms with Crippen LogP contribution in [0.15, 0.2) is 30.3 Å². The molecule has 0 heterocycles. The van der Waals surface area contributed by atoms with Crippen molar-refractivity contribution in [2.24, 2.45) is 5.92 Å². The number of aryl methyl sites for hydroxylation is 1. The molecule has 1 aromatic rings. The van der Waals surface area contributed by atoms with Gasteiger partial charge in [0.25, 0.3) is 0 Å². The number of carboxylic acids is 2. The number of aliphatic carboxylic acids is 2. The third kappa shape index (κ3) is 8.75. The van der Waals surface area contributed by atoms with E-state index < -0.39 is 26.0 Å². The van der Waals surface area contributed by atoms with Gasteiger partial charge in [-0.15, -0.1) is 0 Å². The van der Waals surface area contributed by atoms with Crippen LogP contribution in [0, 0.1) is 5.92 Å². The van der Waals surface area contributed by atoms with E-state index in [0.29, 0.717) is 12.3 Å².